The molecule has 0 radical (unpaired) electrons. The molecule has 0 N–H and O–H groups in total. The second-order valence-corrected chi connectivity index (χ2v) is 15.7. The van der Waals surface area contributed by atoms with E-state index in [1.54, 1.807) is 24.9 Å². The van der Waals surface area contributed by atoms with E-state index >= 15 is 0 Å². The minimum atomic E-state index is -0.321. The van der Waals surface area contributed by atoms with E-state index in [1.165, 1.54) is 70.2 Å². The van der Waals surface area contributed by atoms with Crippen LogP contribution in [0.3, 0.4) is 0 Å². The molecule has 2 saturated heterocycles. The van der Waals surface area contributed by atoms with Crippen molar-refractivity contribution in [3.63, 3.8) is 0 Å². The van der Waals surface area contributed by atoms with Crippen molar-refractivity contribution in [3.05, 3.63) is 78.2 Å². The lowest BCUT2D eigenvalue weighted by Gasteiger charge is -2.27. The Balaban J connectivity index is 0.000000979. The van der Waals surface area contributed by atoms with Gasteiger partial charge in [-0.25, -0.2) is 14.4 Å². The third-order valence-corrected chi connectivity index (χ3v) is 9.92. The molecule has 2 aliphatic rings. The Morgan fingerprint density at radius 1 is 1.06 bits per heavy atom. The van der Waals surface area contributed by atoms with Gasteiger partial charge in [-0.1, -0.05) is 118 Å². The van der Waals surface area contributed by atoms with Crippen LogP contribution in [0, 0.1) is 16.7 Å². The van der Waals surface area contributed by atoms with Crippen molar-refractivity contribution in [1.29, 1.82) is 0 Å². The molecule has 50 heavy (non-hydrogen) atoms. The summed E-state index contributed by atoms with van der Waals surface area (Å²) in [5.41, 5.74) is 3.62. The van der Waals surface area contributed by atoms with Gasteiger partial charge in [-0.05, 0) is 73.3 Å². The Kier molecular flexibility index (Phi) is 18.7. The topological polar surface area (TPSA) is 58.6 Å². The number of carbonyl (C=O) groups is 1. The standard InChI is InChI=1S/C36H51FN4O.C6H14.CH2O/c1-6-8-9-10-14-29(5)23-40-19-17-36(25-40)18-20-41(26-36)35-34(22-38-27-39-35)42-24-30(21-31(37)13-7-2)33-16-12-11-15-32(33)28(3)4;1-5-6(2,3)4;1-2/h7,11-13,15-16,21-22,24,27-29H,6,8-10,14,17-20,23,25-26H2,1-5H3;5H2,1-4H3;1H2/b13-7-,30-24-,31-21+;;. The zero-order valence-electron chi connectivity index (χ0n) is 32.8. The summed E-state index contributed by atoms with van der Waals surface area (Å²) in [5, 5.41) is 0. The highest BCUT2D eigenvalue weighted by atomic mass is 19.1. The van der Waals surface area contributed by atoms with Crippen LogP contribution in [0.2, 0.25) is 0 Å². The number of hydrogen-bond donors (Lipinski definition) is 0. The molecule has 2 aliphatic heterocycles. The third-order valence-electron chi connectivity index (χ3n) is 9.92. The molecule has 0 saturated carbocycles. The molecule has 4 rings (SSSR count). The van der Waals surface area contributed by atoms with Crippen LogP contribution < -0.4 is 9.64 Å². The number of likely N-dealkylation sites (tertiary alicyclic amines) is 1. The maximum absolute atomic E-state index is 14.7. The summed E-state index contributed by atoms with van der Waals surface area (Å²) >= 11 is 0. The van der Waals surface area contributed by atoms with E-state index in [2.05, 4.69) is 81.2 Å². The fourth-order valence-electron chi connectivity index (χ4n) is 6.64. The van der Waals surface area contributed by atoms with Gasteiger partial charge in [0.1, 0.15) is 18.9 Å². The van der Waals surface area contributed by atoms with E-state index in [9.17, 15) is 4.39 Å². The number of unbranched alkanes of at least 4 members (excludes halogenated alkanes) is 3. The Morgan fingerprint density at radius 3 is 2.42 bits per heavy atom. The molecule has 1 aromatic heterocycles. The van der Waals surface area contributed by atoms with Gasteiger partial charge in [0.25, 0.3) is 0 Å². The normalized spacial score (nSPS) is 19.1. The van der Waals surface area contributed by atoms with Crippen LogP contribution in [0.5, 0.6) is 5.75 Å². The second-order valence-electron chi connectivity index (χ2n) is 15.7. The minimum absolute atomic E-state index is 0.286. The first kappa shape index (κ1) is 42.8. The number of carbonyl (C=O) groups excluding carboxylic acids is 1. The number of rotatable bonds is 14. The van der Waals surface area contributed by atoms with Gasteiger partial charge in [0.15, 0.2) is 11.6 Å². The summed E-state index contributed by atoms with van der Waals surface area (Å²) in [7, 11) is 0. The Morgan fingerprint density at radius 2 is 1.76 bits per heavy atom. The molecular weight excluding hydrogens is 623 g/mol. The first-order valence-corrected chi connectivity index (χ1v) is 18.9. The fourth-order valence-corrected chi connectivity index (χ4v) is 6.64. The molecule has 0 amide bonds. The van der Waals surface area contributed by atoms with Crippen molar-refractivity contribution < 1.29 is 13.9 Å². The van der Waals surface area contributed by atoms with Crippen LogP contribution in [0.1, 0.15) is 131 Å². The maximum Gasteiger partial charge on any atom is 0.187 e. The summed E-state index contributed by atoms with van der Waals surface area (Å²) in [6, 6.07) is 8.12. The monoisotopic (exact) mass is 691 g/mol. The van der Waals surface area contributed by atoms with Crippen molar-refractivity contribution in [1.82, 2.24) is 14.9 Å². The Hall–Kier alpha value is -3.32. The summed E-state index contributed by atoms with van der Waals surface area (Å²) in [4.78, 5) is 22.0. The lowest BCUT2D eigenvalue weighted by molar-refractivity contribution is -0.0980. The number of anilines is 1. The zero-order chi connectivity index (χ0) is 37.2. The average Bonchev–Trinajstić information content (AvgIpc) is 3.71. The average molecular weight is 691 g/mol. The number of ether oxygens (including phenoxy) is 1. The van der Waals surface area contributed by atoms with Crippen LogP contribution in [0.4, 0.5) is 10.2 Å². The quantitative estimate of drug-likeness (QED) is 0.112. The van der Waals surface area contributed by atoms with E-state index < -0.39 is 0 Å². The van der Waals surface area contributed by atoms with Gasteiger partial charge in [-0.15, -0.1) is 0 Å². The van der Waals surface area contributed by atoms with Gasteiger partial charge in [-0.2, -0.15) is 0 Å². The molecule has 0 bridgehead atoms. The Bertz CT molecular complexity index is 1360. The SMILES string of the molecule is C=O.CCC(C)(C)C.C\C=C/C(F)=C\C(=C\Oc1cncnc1N1CCC2(CCN(CC(C)CCCCCC)C2)C1)c1ccccc1C(C)C. The fraction of sp³-hybridized carbons (Fsp3) is 0.605. The predicted octanol–water partition coefficient (Wildman–Crippen LogP) is 11.2. The number of halogens is 1. The summed E-state index contributed by atoms with van der Waals surface area (Å²) < 4.78 is 21.0. The molecular formula is C43H67FN4O2. The predicted molar refractivity (Wildman–Crippen MR) is 210 cm³/mol. The Labute approximate surface area is 304 Å². The first-order valence-electron chi connectivity index (χ1n) is 18.9. The molecule has 2 atom stereocenters. The number of benzene rings is 1. The second kappa shape index (κ2) is 21.8. The molecule has 3 heterocycles. The van der Waals surface area contributed by atoms with Crippen LogP contribution in [0.25, 0.3) is 5.57 Å². The van der Waals surface area contributed by atoms with Gasteiger partial charge < -0.3 is 19.3 Å². The van der Waals surface area contributed by atoms with Crippen molar-refractivity contribution >= 4 is 18.2 Å². The van der Waals surface area contributed by atoms with E-state index in [4.69, 9.17) is 9.53 Å². The lowest BCUT2D eigenvalue weighted by atomic mass is 9.86. The van der Waals surface area contributed by atoms with E-state index in [-0.39, 0.29) is 11.7 Å². The van der Waals surface area contributed by atoms with E-state index in [0.717, 1.165) is 48.9 Å². The number of aromatic nitrogens is 2. The summed E-state index contributed by atoms with van der Waals surface area (Å²) in [6.07, 6.45) is 20.1. The van der Waals surface area contributed by atoms with Crippen molar-refractivity contribution in [3.8, 4) is 5.75 Å². The van der Waals surface area contributed by atoms with Gasteiger partial charge in [0, 0.05) is 37.2 Å². The highest BCUT2D eigenvalue weighted by Crippen LogP contribution is 2.43. The summed E-state index contributed by atoms with van der Waals surface area (Å²) in [6.45, 7) is 27.2. The molecule has 2 fully saturated rings. The van der Waals surface area contributed by atoms with Crippen molar-refractivity contribution in [2.24, 2.45) is 16.7 Å². The molecule has 2 unspecified atom stereocenters. The van der Waals surface area contributed by atoms with E-state index in [0.29, 0.717) is 22.2 Å². The molecule has 0 aliphatic carbocycles. The van der Waals surface area contributed by atoms with Gasteiger partial charge >= 0.3 is 0 Å². The zero-order valence-corrected chi connectivity index (χ0v) is 32.8. The van der Waals surface area contributed by atoms with E-state index in [1.807, 2.05) is 31.9 Å². The molecule has 6 nitrogen and oxygen atoms in total. The van der Waals surface area contributed by atoms with Gasteiger partial charge in [-0.3, -0.25) is 0 Å². The van der Waals surface area contributed by atoms with Crippen LogP contribution >= 0.6 is 0 Å². The molecule has 1 spiro atoms. The molecule has 1 aromatic carbocycles. The van der Waals surface area contributed by atoms with Gasteiger partial charge in [0.05, 0.1) is 12.5 Å². The number of allylic oxidation sites excluding steroid dienone is 5. The van der Waals surface area contributed by atoms with Crippen LogP contribution in [-0.2, 0) is 4.79 Å². The van der Waals surface area contributed by atoms with Crippen molar-refractivity contribution in [2.45, 2.75) is 120 Å². The third kappa shape index (κ3) is 14.1. The highest BCUT2D eigenvalue weighted by molar-refractivity contribution is 5.77. The largest absolute Gasteiger partial charge is 0.459 e. The molecule has 7 heteroatoms. The number of nitrogens with zero attached hydrogens (tertiary/aromatic N) is 4. The maximum atomic E-state index is 14.7. The minimum Gasteiger partial charge on any atom is -0.459 e. The lowest BCUT2D eigenvalue weighted by Crippen LogP contribution is -2.33. The van der Waals surface area contributed by atoms with Crippen LogP contribution in [0.15, 0.2) is 67.1 Å². The number of hydrogen-bond acceptors (Lipinski definition) is 6. The first-order chi connectivity index (χ1) is 23.9. The van der Waals surface area contributed by atoms with Gasteiger partial charge in [0.2, 0.25) is 0 Å². The smallest absolute Gasteiger partial charge is 0.187 e. The van der Waals surface area contributed by atoms with Crippen molar-refractivity contribution in [2.75, 3.05) is 37.6 Å². The molecule has 2 aromatic rings. The molecule has 278 valence electrons. The summed E-state index contributed by atoms with van der Waals surface area (Å²) in [5.74, 6) is 2.14. The highest BCUT2D eigenvalue weighted by Gasteiger charge is 2.44. The van der Waals surface area contributed by atoms with Crippen LogP contribution in [-0.4, -0.2) is 54.4 Å².